The summed E-state index contributed by atoms with van der Waals surface area (Å²) < 4.78 is 32.6. The molecule has 0 saturated heterocycles. The minimum Gasteiger partial charge on any atom is -0.465 e. The number of sulfonamides is 1. The Morgan fingerprint density at radius 1 is 1.27 bits per heavy atom. The van der Waals surface area contributed by atoms with Gasteiger partial charge < -0.3 is 10.5 Å². The van der Waals surface area contributed by atoms with Gasteiger partial charge in [-0.15, -0.1) is 11.3 Å². The molecule has 138 valence electrons. The number of hydrogen-bond acceptors (Lipinski definition) is 6. The molecule has 7 nitrogen and oxygen atoms in total. The van der Waals surface area contributed by atoms with E-state index in [0.717, 1.165) is 11.3 Å². The highest BCUT2D eigenvalue weighted by molar-refractivity contribution is 7.93. The highest BCUT2D eigenvalue weighted by atomic mass is 32.2. The van der Waals surface area contributed by atoms with E-state index in [0.29, 0.717) is 11.3 Å². The van der Waals surface area contributed by atoms with Crippen molar-refractivity contribution in [3.8, 4) is 0 Å². The minimum atomic E-state index is -4.03. The molecule has 1 aliphatic heterocycles. The number of methoxy groups -OCH3 is 1. The van der Waals surface area contributed by atoms with Crippen LogP contribution in [0.2, 0.25) is 0 Å². The Morgan fingerprint density at radius 2 is 1.96 bits per heavy atom. The second-order valence-corrected chi connectivity index (χ2v) is 8.70. The van der Waals surface area contributed by atoms with Gasteiger partial charge >= 0.3 is 5.97 Å². The van der Waals surface area contributed by atoms with Crippen molar-refractivity contribution in [3.63, 3.8) is 0 Å². The SMILES string of the molecule is COC(=O)c1sccc1S(=O)(=O)N1c2ccccc2C(C(N)=O)CC1C. The molecule has 2 unspecified atom stereocenters. The number of benzene rings is 1. The Hall–Kier alpha value is -2.39. The van der Waals surface area contributed by atoms with Crippen LogP contribution in [0.25, 0.3) is 0 Å². The number of nitrogens with zero attached hydrogens (tertiary/aromatic N) is 1. The van der Waals surface area contributed by atoms with E-state index < -0.39 is 33.9 Å². The number of anilines is 1. The maximum Gasteiger partial charge on any atom is 0.349 e. The molecule has 1 aromatic carbocycles. The lowest BCUT2D eigenvalue weighted by molar-refractivity contribution is -0.119. The van der Waals surface area contributed by atoms with Gasteiger partial charge in [0, 0.05) is 6.04 Å². The molecule has 0 fully saturated rings. The summed E-state index contributed by atoms with van der Waals surface area (Å²) in [4.78, 5) is 23.7. The number of amides is 1. The van der Waals surface area contributed by atoms with E-state index in [1.807, 2.05) is 0 Å². The van der Waals surface area contributed by atoms with Crippen molar-refractivity contribution in [3.05, 3.63) is 46.2 Å². The van der Waals surface area contributed by atoms with Crippen molar-refractivity contribution < 1.29 is 22.7 Å². The molecule has 0 spiro atoms. The van der Waals surface area contributed by atoms with Gasteiger partial charge in [0.05, 0.1) is 18.7 Å². The van der Waals surface area contributed by atoms with Crippen LogP contribution >= 0.6 is 11.3 Å². The van der Waals surface area contributed by atoms with Gasteiger partial charge in [-0.3, -0.25) is 9.10 Å². The molecule has 2 heterocycles. The Morgan fingerprint density at radius 3 is 2.62 bits per heavy atom. The van der Waals surface area contributed by atoms with Crippen molar-refractivity contribution >= 4 is 38.9 Å². The Kier molecular flexibility index (Phi) is 4.76. The molecule has 2 N–H and O–H groups in total. The molecule has 9 heteroatoms. The lowest BCUT2D eigenvalue weighted by atomic mass is 9.87. The number of primary amides is 1. The summed E-state index contributed by atoms with van der Waals surface area (Å²) in [6.07, 6.45) is 0.267. The zero-order valence-electron chi connectivity index (χ0n) is 14.2. The summed E-state index contributed by atoms with van der Waals surface area (Å²) in [5, 5.41) is 1.53. The summed E-state index contributed by atoms with van der Waals surface area (Å²) >= 11 is 1.01. The van der Waals surface area contributed by atoms with E-state index in [2.05, 4.69) is 4.74 Å². The molecular weight excluding hydrogens is 376 g/mol. The molecule has 1 aliphatic rings. The summed E-state index contributed by atoms with van der Waals surface area (Å²) in [7, 11) is -2.82. The Bertz CT molecular complexity index is 967. The van der Waals surface area contributed by atoms with Gasteiger partial charge in [0.15, 0.2) is 0 Å². The second-order valence-electron chi connectivity index (χ2n) is 6.00. The highest BCUT2D eigenvalue weighted by Crippen LogP contribution is 2.42. The van der Waals surface area contributed by atoms with Gasteiger partial charge in [0.25, 0.3) is 10.0 Å². The van der Waals surface area contributed by atoms with Crippen LogP contribution in [0.3, 0.4) is 0 Å². The van der Waals surface area contributed by atoms with Crippen molar-refractivity contribution in [1.82, 2.24) is 0 Å². The second kappa shape index (κ2) is 6.73. The molecule has 3 rings (SSSR count). The summed E-state index contributed by atoms with van der Waals surface area (Å²) in [6, 6.07) is 7.67. The topological polar surface area (TPSA) is 107 Å². The Labute approximate surface area is 155 Å². The van der Waals surface area contributed by atoms with E-state index in [1.165, 1.54) is 22.9 Å². The molecule has 0 aliphatic carbocycles. The normalized spacial score (nSPS) is 19.7. The van der Waals surface area contributed by atoms with Crippen molar-refractivity contribution in [2.75, 3.05) is 11.4 Å². The van der Waals surface area contributed by atoms with E-state index >= 15 is 0 Å². The van der Waals surface area contributed by atoms with Crippen LogP contribution in [0.15, 0.2) is 40.6 Å². The fourth-order valence-electron chi connectivity index (χ4n) is 3.27. The molecule has 0 bridgehead atoms. The number of ether oxygens (including phenoxy) is 1. The molecular formula is C17H18N2O5S2. The maximum absolute atomic E-state index is 13.3. The van der Waals surface area contributed by atoms with Crippen LogP contribution in [0, 0.1) is 0 Å². The largest absolute Gasteiger partial charge is 0.465 e. The molecule has 1 amide bonds. The van der Waals surface area contributed by atoms with Crippen LogP contribution in [0.4, 0.5) is 5.69 Å². The van der Waals surface area contributed by atoms with Crippen LogP contribution in [0.5, 0.6) is 0 Å². The molecule has 0 radical (unpaired) electrons. The predicted molar refractivity (Wildman–Crippen MR) is 97.8 cm³/mol. The first kappa shape index (κ1) is 18.4. The van der Waals surface area contributed by atoms with E-state index in [9.17, 15) is 18.0 Å². The number of carbonyl (C=O) groups is 2. The third-order valence-electron chi connectivity index (χ3n) is 4.41. The fourth-order valence-corrected chi connectivity index (χ4v) is 6.27. The van der Waals surface area contributed by atoms with Crippen molar-refractivity contribution in [1.29, 1.82) is 0 Å². The zero-order chi connectivity index (χ0) is 19.1. The third-order valence-corrected chi connectivity index (χ3v) is 7.40. The van der Waals surface area contributed by atoms with Gasteiger partial charge in [0.2, 0.25) is 5.91 Å². The zero-order valence-corrected chi connectivity index (χ0v) is 15.8. The summed E-state index contributed by atoms with van der Waals surface area (Å²) in [5.74, 6) is -1.76. The summed E-state index contributed by atoms with van der Waals surface area (Å²) in [5.41, 5.74) is 6.48. The fraction of sp³-hybridized carbons (Fsp3) is 0.294. The molecule has 26 heavy (non-hydrogen) atoms. The van der Waals surface area contributed by atoms with Crippen molar-refractivity contribution in [2.45, 2.75) is 30.2 Å². The van der Waals surface area contributed by atoms with Gasteiger partial charge in [-0.25, -0.2) is 13.2 Å². The van der Waals surface area contributed by atoms with Crippen LogP contribution in [-0.2, 0) is 19.6 Å². The quantitative estimate of drug-likeness (QED) is 0.799. The Balaban J connectivity index is 2.17. The lowest BCUT2D eigenvalue weighted by Crippen LogP contribution is -2.45. The van der Waals surface area contributed by atoms with E-state index in [1.54, 1.807) is 31.2 Å². The number of rotatable bonds is 4. The van der Waals surface area contributed by atoms with Crippen LogP contribution < -0.4 is 10.0 Å². The average molecular weight is 394 g/mol. The molecule has 2 atom stereocenters. The highest BCUT2D eigenvalue weighted by Gasteiger charge is 2.41. The maximum atomic E-state index is 13.3. The number of fused-ring (bicyclic) bond motifs is 1. The molecule has 1 aromatic heterocycles. The van der Waals surface area contributed by atoms with Gasteiger partial charge in [-0.1, -0.05) is 18.2 Å². The molecule has 2 aromatic rings. The average Bonchev–Trinajstić information content (AvgIpc) is 3.10. The summed E-state index contributed by atoms with van der Waals surface area (Å²) in [6.45, 7) is 1.72. The monoisotopic (exact) mass is 394 g/mol. The number of para-hydroxylation sites is 1. The van der Waals surface area contributed by atoms with E-state index in [4.69, 9.17) is 5.73 Å². The minimum absolute atomic E-state index is 0.0224. The van der Waals surface area contributed by atoms with Crippen LogP contribution in [0.1, 0.15) is 34.5 Å². The first-order valence-corrected chi connectivity index (χ1v) is 10.2. The first-order chi connectivity index (χ1) is 12.3. The number of carbonyl (C=O) groups excluding carboxylic acids is 2. The third kappa shape index (κ3) is 2.86. The number of esters is 1. The van der Waals surface area contributed by atoms with Gasteiger partial charge in [-0.2, -0.15) is 0 Å². The van der Waals surface area contributed by atoms with Gasteiger partial charge in [-0.05, 0) is 36.4 Å². The number of thiophene rings is 1. The smallest absolute Gasteiger partial charge is 0.349 e. The molecule has 0 saturated carbocycles. The predicted octanol–water partition coefficient (Wildman–Crippen LogP) is 2.09. The number of nitrogens with two attached hydrogens (primary N) is 1. The standard InChI is InChI=1S/C17H18N2O5S2/c1-10-9-12(16(18)20)11-5-3-4-6-13(11)19(10)26(22,23)14-7-8-25-15(14)17(21)24-2/h3-8,10,12H,9H2,1-2H3,(H2,18,20). The number of hydrogen-bond donors (Lipinski definition) is 1. The van der Waals surface area contributed by atoms with Crippen molar-refractivity contribution in [2.24, 2.45) is 5.73 Å². The first-order valence-electron chi connectivity index (χ1n) is 7.87. The lowest BCUT2D eigenvalue weighted by Gasteiger charge is -2.38. The van der Waals surface area contributed by atoms with E-state index in [-0.39, 0.29) is 16.2 Å². The van der Waals surface area contributed by atoms with Crippen LogP contribution in [-0.4, -0.2) is 33.4 Å². The van der Waals surface area contributed by atoms with Gasteiger partial charge in [0.1, 0.15) is 9.77 Å².